The predicted octanol–water partition coefficient (Wildman–Crippen LogP) is 3.87. The second kappa shape index (κ2) is 11.3. The van der Waals surface area contributed by atoms with Crippen LogP contribution in [0.15, 0.2) is 71.7 Å². The van der Waals surface area contributed by atoms with Gasteiger partial charge in [-0.25, -0.2) is 23.4 Å². The molecule has 0 unspecified atom stereocenters. The van der Waals surface area contributed by atoms with Gasteiger partial charge in [0.1, 0.15) is 5.56 Å². The molecular weight excluding hydrogens is 528 g/mol. The SMILES string of the molecule is Cc1c(C(=O)NCC#Cc2ccc3nc(Nc4ccc(N)cc4)ncc3c2)c(=O)n(Cc2ccc(F)c(F)c2)n1C. The van der Waals surface area contributed by atoms with Gasteiger partial charge in [0.15, 0.2) is 11.6 Å². The highest BCUT2D eigenvalue weighted by molar-refractivity contribution is 5.95. The van der Waals surface area contributed by atoms with Crippen molar-refractivity contribution in [2.45, 2.75) is 13.5 Å². The van der Waals surface area contributed by atoms with Crippen LogP contribution in [0.25, 0.3) is 10.9 Å². The summed E-state index contributed by atoms with van der Waals surface area (Å²) in [5.41, 5.74) is 8.88. The molecular formula is C30H25F2N7O2. The van der Waals surface area contributed by atoms with E-state index in [0.717, 1.165) is 28.7 Å². The minimum Gasteiger partial charge on any atom is -0.399 e. The number of amides is 1. The lowest BCUT2D eigenvalue weighted by molar-refractivity contribution is 0.0956. The second-order valence-electron chi connectivity index (χ2n) is 9.29. The van der Waals surface area contributed by atoms with Crippen LogP contribution in [0.2, 0.25) is 0 Å². The number of hydrogen-bond acceptors (Lipinski definition) is 6. The van der Waals surface area contributed by atoms with Crippen molar-refractivity contribution in [2.75, 3.05) is 17.6 Å². The van der Waals surface area contributed by atoms with Gasteiger partial charge >= 0.3 is 0 Å². The number of nitrogens with zero attached hydrogens (tertiary/aromatic N) is 4. The molecule has 1 amide bonds. The molecule has 5 aromatic rings. The zero-order valence-electron chi connectivity index (χ0n) is 22.2. The first kappa shape index (κ1) is 27.1. The number of hydrogen-bond donors (Lipinski definition) is 3. The van der Waals surface area contributed by atoms with E-state index < -0.39 is 23.1 Å². The normalized spacial score (nSPS) is 10.7. The monoisotopic (exact) mass is 553 g/mol. The van der Waals surface area contributed by atoms with Gasteiger partial charge in [0.05, 0.1) is 18.6 Å². The van der Waals surface area contributed by atoms with Crippen molar-refractivity contribution in [1.29, 1.82) is 0 Å². The number of rotatable bonds is 6. The zero-order chi connectivity index (χ0) is 29.1. The fraction of sp³-hybridized carbons (Fsp3) is 0.133. The zero-order valence-corrected chi connectivity index (χ0v) is 22.2. The fourth-order valence-electron chi connectivity index (χ4n) is 4.24. The Hall–Kier alpha value is -5.50. The first-order valence-corrected chi connectivity index (χ1v) is 12.6. The largest absolute Gasteiger partial charge is 0.399 e. The van der Waals surface area contributed by atoms with Gasteiger partial charge in [-0.15, -0.1) is 0 Å². The van der Waals surface area contributed by atoms with Gasteiger partial charge in [-0.1, -0.05) is 17.9 Å². The van der Waals surface area contributed by atoms with E-state index in [-0.39, 0.29) is 18.7 Å². The second-order valence-corrected chi connectivity index (χ2v) is 9.29. The number of anilines is 3. The lowest BCUT2D eigenvalue weighted by atomic mass is 10.1. The Bertz CT molecular complexity index is 1900. The van der Waals surface area contributed by atoms with Gasteiger partial charge in [-0.05, 0) is 67.1 Å². The van der Waals surface area contributed by atoms with Crippen LogP contribution in [0.5, 0.6) is 0 Å². The lowest BCUT2D eigenvalue weighted by Gasteiger charge is -2.08. The molecule has 41 heavy (non-hydrogen) atoms. The predicted molar refractivity (Wildman–Crippen MR) is 153 cm³/mol. The maximum absolute atomic E-state index is 13.6. The Morgan fingerprint density at radius 1 is 1.05 bits per heavy atom. The van der Waals surface area contributed by atoms with E-state index in [2.05, 4.69) is 32.4 Å². The van der Waals surface area contributed by atoms with Crippen molar-refractivity contribution in [3.63, 3.8) is 0 Å². The molecule has 0 bridgehead atoms. The van der Waals surface area contributed by atoms with Crippen molar-refractivity contribution in [3.05, 3.63) is 111 Å². The minimum absolute atomic E-state index is 0.00870. The highest BCUT2D eigenvalue weighted by Crippen LogP contribution is 2.18. The summed E-state index contributed by atoms with van der Waals surface area (Å²) >= 11 is 0. The number of benzene rings is 3. The number of carbonyl (C=O) groups excluding carboxylic acids is 1. The Kier molecular flexibility index (Phi) is 7.47. The minimum atomic E-state index is -1.01. The maximum Gasteiger partial charge on any atom is 0.280 e. The van der Waals surface area contributed by atoms with Gasteiger partial charge < -0.3 is 16.4 Å². The Balaban J connectivity index is 1.24. The molecule has 0 saturated heterocycles. The van der Waals surface area contributed by atoms with E-state index in [1.54, 1.807) is 32.3 Å². The summed E-state index contributed by atoms with van der Waals surface area (Å²) in [5, 5.41) is 6.58. The smallest absolute Gasteiger partial charge is 0.280 e. The number of carbonyl (C=O) groups is 1. The summed E-state index contributed by atoms with van der Waals surface area (Å²) in [6.07, 6.45) is 1.69. The van der Waals surface area contributed by atoms with Crippen LogP contribution in [0, 0.1) is 30.4 Å². The molecule has 0 aliphatic heterocycles. The highest BCUT2D eigenvalue weighted by atomic mass is 19.2. The van der Waals surface area contributed by atoms with Gasteiger partial charge in [-0.3, -0.25) is 14.3 Å². The fourth-order valence-corrected chi connectivity index (χ4v) is 4.24. The van der Waals surface area contributed by atoms with E-state index in [9.17, 15) is 18.4 Å². The molecule has 5 rings (SSSR count). The Labute approximate surface area is 233 Å². The van der Waals surface area contributed by atoms with Gasteiger partial charge in [-0.2, -0.15) is 0 Å². The van der Waals surface area contributed by atoms with E-state index in [4.69, 9.17) is 5.73 Å². The van der Waals surface area contributed by atoms with Crippen LogP contribution in [-0.4, -0.2) is 31.8 Å². The Morgan fingerprint density at radius 2 is 1.83 bits per heavy atom. The van der Waals surface area contributed by atoms with Gasteiger partial charge in [0, 0.05) is 41.3 Å². The topological polar surface area (TPSA) is 120 Å². The number of aromatic nitrogens is 4. The number of nitrogens with two attached hydrogens (primary N) is 1. The number of fused-ring (bicyclic) bond motifs is 1. The molecule has 0 aliphatic carbocycles. The summed E-state index contributed by atoms with van der Waals surface area (Å²) in [4.78, 5) is 34.7. The van der Waals surface area contributed by atoms with Crippen LogP contribution in [0.3, 0.4) is 0 Å². The highest BCUT2D eigenvalue weighted by Gasteiger charge is 2.21. The molecule has 0 saturated carbocycles. The van der Waals surface area contributed by atoms with Crippen LogP contribution in [-0.2, 0) is 13.6 Å². The van der Waals surface area contributed by atoms with Crippen molar-refractivity contribution in [1.82, 2.24) is 24.6 Å². The van der Waals surface area contributed by atoms with E-state index in [1.165, 1.54) is 15.4 Å². The van der Waals surface area contributed by atoms with Crippen LogP contribution in [0.1, 0.15) is 27.2 Å². The average Bonchev–Trinajstić information content (AvgIpc) is 3.17. The Morgan fingerprint density at radius 3 is 2.59 bits per heavy atom. The molecule has 0 fully saturated rings. The van der Waals surface area contributed by atoms with Crippen molar-refractivity contribution < 1.29 is 13.6 Å². The van der Waals surface area contributed by atoms with E-state index in [0.29, 0.717) is 28.5 Å². The summed E-state index contributed by atoms with van der Waals surface area (Å²) in [6.45, 7) is 1.62. The van der Waals surface area contributed by atoms with Crippen molar-refractivity contribution >= 4 is 34.1 Å². The van der Waals surface area contributed by atoms with E-state index >= 15 is 0 Å². The van der Waals surface area contributed by atoms with Crippen molar-refractivity contribution in [3.8, 4) is 11.8 Å². The molecule has 0 radical (unpaired) electrons. The number of nitrogen functional groups attached to an aromatic ring is 1. The molecule has 9 nitrogen and oxygen atoms in total. The first-order valence-electron chi connectivity index (χ1n) is 12.6. The summed E-state index contributed by atoms with van der Waals surface area (Å²) in [5.74, 6) is 3.77. The molecule has 0 aliphatic rings. The summed E-state index contributed by atoms with van der Waals surface area (Å²) in [6, 6.07) is 16.1. The maximum atomic E-state index is 13.6. The van der Waals surface area contributed by atoms with Gasteiger partial charge in [0.25, 0.3) is 11.5 Å². The average molecular weight is 554 g/mol. The first-order chi connectivity index (χ1) is 19.7. The van der Waals surface area contributed by atoms with Crippen LogP contribution < -0.4 is 21.9 Å². The molecule has 0 atom stereocenters. The third-order valence-corrected chi connectivity index (χ3v) is 6.52. The molecule has 11 heteroatoms. The van der Waals surface area contributed by atoms with Gasteiger partial charge in [0.2, 0.25) is 5.95 Å². The third kappa shape index (κ3) is 5.91. The van der Waals surface area contributed by atoms with Crippen LogP contribution >= 0.6 is 0 Å². The molecule has 3 aromatic carbocycles. The summed E-state index contributed by atoms with van der Waals surface area (Å²) in [7, 11) is 1.62. The van der Waals surface area contributed by atoms with Crippen LogP contribution in [0.4, 0.5) is 26.1 Å². The third-order valence-electron chi connectivity index (χ3n) is 6.52. The summed E-state index contributed by atoms with van der Waals surface area (Å²) < 4.78 is 29.7. The lowest BCUT2D eigenvalue weighted by Crippen LogP contribution is -2.31. The molecule has 4 N–H and O–H groups in total. The molecule has 2 heterocycles. The molecule has 2 aromatic heterocycles. The number of halogens is 2. The van der Waals surface area contributed by atoms with Crippen molar-refractivity contribution in [2.24, 2.45) is 7.05 Å². The standard InChI is InChI=1S/C30H25F2N7O2/c1-18-27(29(41)39(38(18)2)17-20-5-11-24(31)25(32)15-20)28(40)34-13-3-4-19-6-12-26-21(14-19)16-35-30(37-26)36-23-9-7-22(33)8-10-23/h5-12,14-16H,13,17,33H2,1-2H3,(H,34,40)(H,35,36,37). The molecule has 206 valence electrons. The number of nitrogens with one attached hydrogen (secondary N) is 2. The van der Waals surface area contributed by atoms with E-state index in [1.807, 2.05) is 30.3 Å². The quantitative estimate of drug-likeness (QED) is 0.217. The molecule has 0 spiro atoms.